The van der Waals surface area contributed by atoms with Gasteiger partial charge in [-0.05, 0) is 85.5 Å². The second kappa shape index (κ2) is 6.80. The highest BCUT2D eigenvalue weighted by atomic mass is 16.4. The van der Waals surface area contributed by atoms with Crippen molar-refractivity contribution in [2.24, 2.45) is 28.6 Å². The lowest BCUT2D eigenvalue weighted by Gasteiger charge is -2.60. The molecule has 0 aliphatic heterocycles. The molecule has 6 rings (SSSR count). The molecule has 3 saturated carbocycles. The number of carboxylic acids is 1. The average molecular weight is 449 g/mol. The standard InChI is InChI=1S/C27H32N2O4/c1-25-13-16-15-28-29(18-6-4-3-5-7-18)21(16)12-17(25)8-9-19-20-10-11-27(33,24(31)32)26(20,2)14-22(30)23(19)25/h3-7,12,15,19-20,22-23,30,33H,8-11,13-14H2,1-2H3,(H,31,32)/t19?,20?,22-,23?,25-,26-,27-/m0/s1. The monoisotopic (exact) mass is 448 g/mol. The third-order valence-corrected chi connectivity index (χ3v) is 9.93. The molecule has 2 aromatic rings. The fourth-order valence-corrected chi connectivity index (χ4v) is 8.32. The van der Waals surface area contributed by atoms with Crippen molar-refractivity contribution in [2.45, 2.75) is 64.1 Å². The largest absolute Gasteiger partial charge is 0.479 e. The van der Waals surface area contributed by atoms with Gasteiger partial charge in [-0.1, -0.05) is 37.6 Å². The van der Waals surface area contributed by atoms with Crippen LogP contribution in [-0.2, 0) is 11.2 Å². The predicted molar refractivity (Wildman–Crippen MR) is 124 cm³/mol. The summed E-state index contributed by atoms with van der Waals surface area (Å²) in [5.41, 5.74) is 1.99. The van der Waals surface area contributed by atoms with E-state index in [1.54, 1.807) is 0 Å². The number of carbonyl (C=O) groups is 1. The molecule has 7 atom stereocenters. The molecule has 4 aliphatic rings. The molecular formula is C27H32N2O4. The normalized spacial score (nSPS) is 41.4. The van der Waals surface area contributed by atoms with Crippen LogP contribution in [0, 0.1) is 28.6 Å². The van der Waals surface area contributed by atoms with Crippen molar-refractivity contribution in [3.63, 3.8) is 0 Å². The molecule has 0 bridgehead atoms. The van der Waals surface area contributed by atoms with E-state index in [0.717, 1.165) is 30.6 Å². The van der Waals surface area contributed by atoms with Gasteiger partial charge in [0.1, 0.15) is 0 Å². The average Bonchev–Trinajstić information content (AvgIpc) is 3.30. The number of allylic oxidation sites excluding steroid dienone is 1. The Bertz CT molecular complexity index is 1160. The molecule has 0 amide bonds. The number of nitrogens with zero attached hydrogens (tertiary/aromatic N) is 2. The predicted octanol–water partition coefficient (Wildman–Crippen LogP) is 3.84. The maximum atomic E-state index is 12.0. The van der Waals surface area contributed by atoms with Crippen LogP contribution in [0.1, 0.15) is 57.2 Å². The van der Waals surface area contributed by atoms with Gasteiger partial charge in [-0.25, -0.2) is 9.48 Å². The van der Waals surface area contributed by atoms with Crippen LogP contribution in [0.25, 0.3) is 11.8 Å². The lowest BCUT2D eigenvalue weighted by Crippen LogP contribution is -2.61. The number of benzene rings is 1. The number of fused-ring (bicyclic) bond motifs is 6. The number of carboxylic acid groups (broad SMARTS) is 1. The Morgan fingerprint density at radius 1 is 1.18 bits per heavy atom. The van der Waals surface area contributed by atoms with Gasteiger partial charge in [0.2, 0.25) is 0 Å². The van der Waals surface area contributed by atoms with Gasteiger partial charge in [-0.15, -0.1) is 0 Å². The molecular weight excluding hydrogens is 416 g/mol. The quantitative estimate of drug-likeness (QED) is 0.649. The Balaban J connectivity index is 1.39. The highest BCUT2D eigenvalue weighted by Crippen LogP contribution is 2.67. The van der Waals surface area contributed by atoms with Crippen molar-refractivity contribution in [3.05, 3.63) is 53.4 Å². The molecule has 6 nitrogen and oxygen atoms in total. The van der Waals surface area contributed by atoms with Crippen LogP contribution < -0.4 is 0 Å². The first-order chi connectivity index (χ1) is 15.7. The molecule has 1 aromatic heterocycles. The molecule has 3 fully saturated rings. The zero-order valence-corrected chi connectivity index (χ0v) is 19.2. The van der Waals surface area contributed by atoms with E-state index in [0.29, 0.717) is 12.8 Å². The van der Waals surface area contributed by atoms with E-state index in [1.165, 1.54) is 11.1 Å². The van der Waals surface area contributed by atoms with Crippen molar-refractivity contribution in [1.29, 1.82) is 0 Å². The number of aliphatic hydroxyl groups is 2. The zero-order valence-electron chi connectivity index (χ0n) is 19.2. The minimum atomic E-state index is -1.75. The molecule has 4 aliphatic carbocycles. The van der Waals surface area contributed by atoms with Crippen molar-refractivity contribution >= 4 is 12.0 Å². The summed E-state index contributed by atoms with van der Waals surface area (Å²) in [4.78, 5) is 12.0. The Kier molecular flexibility index (Phi) is 4.35. The first kappa shape index (κ1) is 21.1. The second-order valence-corrected chi connectivity index (χ2v) is 11.3. The van der Waals surface area contributed by atoms with Gasteiger partial charge in [0, 0.05) is 5.41 Å². The summed E-state index contributed by atoms with van der Waals surface area (Å²) in [6.07, 6.45) is 7.61. The van der Waals surface area contributed by atoms with E-state index in [9.17, 15) is 20.1 Å². The number of aromatic nitrogens is 2. The first-order valence-electron chi connectivity index (χ1n) is 12.2. The molecule has 0 spiro atoms. The van der Waals surface area contributed by atoms with Gasteiger partial charge >= 0.3 is 5.97 Å². The van der Waals surface area contributed by atoms with Gasteiger partial charge in [0.05, 0.1) is 23.7 Å². The minimum absolute atomic E-state index is 0.0555. The highest BCUT2D eigenvalue weighted by molar-refractivity contribution is 5.79. The van der Waals surface area contributed by atoms with Gasteiger partial charge in [0.25, 0.3) is 0 Å². The van der Waals surface area contributed by atoms with E-state index in [2.05, 4.69) is 25.1 Å². The van der Waals surface area contributed by atoms with Crippen LogP contribution in [0.15, 0.2) is 42.1 Å². The molecule has 3 unspecified atom stereocenters. The summed E-state index contributed by atoms with van der Waals surface area (Å²) in [6.45, 7) is 4.18. The van der Waals surface area contributed by atoms with Crippen molar-refractivity contribution in [3.8, 4) is 5.69 Å². The topological polar surface area (TPSA) is 95.6 Å². The van der Waals surface area contributed by atoms with Gasteiger partial charge in [0.15, 0.2) is 5.60 Å². The van der Waals surface area contributed by atoms with Crippen molar-refractivity contribution < 1.29 is 20.1 Å². The fraction of sp³-hybridized carbons (Fsp3) is 0.556. The molecule has 33 heavy (non-hydrogen) atoms. The van der Waals surface area contributed by atoms with Crippen molar-refractivity contribution in [1.82, 2.24) is 9.78 Å². The highest BCUT2D eigenvalue weighted by Gasteiger charge is 2.68. The van der Waals surface area contributed by atoms with E-state index in [1.807, 2.05) is 36.0 Å². The third kappa shape index (κ3) is 2.62. The molecule has 1 heterocycles. The summed E-state index contributed by atoms with van der Waals surface area (Å²) in [5.74, 6) is -0.768. The number of hydrogen-bond acceptors (Lipinski definition) is 4. The molecule has 174 valence electrons. The van der Waals surface area contributed by atoms with E-state index < -0.39 is 23.1 Å². The Labute approximate surface area is 193 Å². The van der Waals surface area contributed by atoms with E-state index >= 15 is 0 Å². The zero-order chi connectivity index (χ0) is 23.2. The second-order valence-electron chi connectivity index (χ2n) is 11.3. The molecule has 3 N–H and O–H groups in total. The summed E-state index contributed by atoms with van der Waals surface area (Å²) in [6, 6.07) is 10.2. The van der Waals surface area contributed by atoms with Crippen molar-refractivity contribution in [2.75, 3.05) is 0 Å². The molecule has 0 saturated heterocycles. The molecule has 0 radical (unpaired) electrons. The Morgan fingerprint density at radius 2 is 1.94 bits per heavy atom. The van der Waals surface area contributed by atoms with Gasteiger partial charge in [-0.2, -0.15) is 5.10 Å². The van der Waals surface area contributed by atoms with Gasteiger partial charge < -0.3 is 15.3 Å². The van der Waals surface area contributed by atoms with Crippen LogP contribution in [-0.4, -0.2) is 42.8 Å². The maximum Gasteiger partial charge on any atom is 0.336 e. The Morgan fingerprint density at radius 3 is 2.67 bits per heavy atom. The Hall–Kier alpha value is -2.44. The lowest BCUT2D eigenvalue weighted by molar-refractivity contribution is -0.193. The van der Waals surface area contributed by atoms with Crippen LogP contribution in [0.5, 0.6) is 0 Å². The minimum Gasteiger partial charge on any atom is -0.479 e. The summed E-state index contributed by atoms with van der Waals surface area (Å²) < 4.78 is 2.01. The van der Waals surface area contributed by atoms with Gasteiger partial charge in [-0.3, -0.25) is 0 Å². The summed E-state index contributed by atoms with van der Waals surface area (Å²) in [5, 5.41) is 37.2. The SMILES string of the molecule is C[C@]12Cc3cnn(-c4ccccc4)c3C=C1CCC1C2[C@@H](O)C[C@@]2(C)C1CC[C@]2(O)C(=O)O. The number of hydrogen-bond donors (Lipinski definition) is 3. The number of aliphatic hydroxyl groups excluding tert-OH is 1. The molecule has 1 aromatic carbocycles. The third-order valence-electron chi connectivity index (χ3n) is 9.93. The smallest absolute Gasteiger partial charge is 0.336 e. The van der Waals surface area contributed by atoms with Crippen LogP contribution >= 0.6 is 0 Å². The van der Waals surface area contributed by atoms with Crippen LogP contribution in [0.3, 0.4) is 0 Å². The maximum absolute atomic E-state index is 12.0. The summed E-state index contributed by atoms with van der Waals surface area (Å²) >= 11 is 0. The van der Waals surface area contributed by atoms with E-state index in [4.69, 9.17) is 5.10 Å². The fourth-order valence-electron chi connectivity index (χ4n) is 8.32. The molecule has 6 heteroatoms. The first-order valence-corrected chi connectivity index (χ1v) is 12.2. The summed E-state index contributed by atoms with van der Waals surface area (Å²) in [7, 11) is 0. The van der Waals surface area contributed by atoms with Crippen LogP contribution in [0.4, 0.5) is 0 Å². The number of rotatable bonds is 2. The van der Waals surface area contributed by atoms with Crippen LogP contribution in [0.2, 0.25) is 0 Å². The lowest BCUT2D eigenvalue weighted by atomic mass is 9.45. The van der Waals surface area contributed by atoms with E-state index in [-0.39, 0.29) is 29.6 Å². The number of para-hydroxylation sites is 1. The number of aliphatic carboxylic acids is 1.